The van der Waals surface area contributed by atoms with Gasteiger partial charge in [-0.3, -0.25) is 4.79 Å². The third-order valence-electron chi connectivity index (χ3n) is 3.23. The van der Waals surface area contributed by atoms with Gasteiger partial charge in [-0.15, -0.1) is 0 Å². The summed E-state index contributed by atoms with van der Waals surface area (Å²) in [4.78, 5) is 16.9. The summed E-state index contributed by atoms with van der Waals surface area (Å²) in [5, 5.41) is 5.92. The lowest BCUT2D eigenvalue weighted by Gasteiger charge is -2.11. The van der Waals surface area contributed by atoms with Crippen molar-refractivity contribution in [1.82, 2.24) is 4.98 Å². The van der Waals surface area contributed by atoms with Crippen LogP contribution in [0.5, 0.6) is 0 Å². The maximum absolute atomic E-state index is 12.4. The lowest BCUT2D eigenvalue weighted by atomic mass is 10.1. The molecule has 1 heterocycles. The Morgan fingerprint density at radius 1 is 1.19 bits per heavy atom. The summed E-state index contributed by atoms with van der Waals surface area (Å²) in [6.45, 7) is 6.12. The van der Waals surface area contributed by atoms with Crippen molar-refractivity contribution in [2.45, 2.75) is 26.7 Å². The number of aromatic nitrogens is 1. The lowest BCUT2D eigenvalue weighted by Crippen LogP contribution is -2.14. The number of hydrogen-bond acceptors (Lipinski definition) is 3. The molecule has 0 radical (unpaired) electrons. The first kappa shape index (κ1) is 15.0. The standard InChI is InChI=1S/C17H21N3O/c1-11(2)15-9-13(10-16(18-4)20-15)17(21)19-14-7-5-6-12(3)8-14/h5-11H,1-4H3,(H,18,20)(H,19,21). The average molecular weight is 283 g/mol. The van der Waals surface area contributed by atoms with Gasteiger partial charge in [0.2, 0.25) is 0 Å². The normalized spacial score (nSPS) is 10.5. The molecule has 110 valence electrons. The van der Waals surface area contributed by atoms with E-state index in [4.69, 9.17) is 0 Å². The van der Waals surface area contributed by atoms with Crippen LogP contribution < -0.4 is 10.6 Å². The van der Waals surface area contributed by atoms with Crippen LogP contribution in [-0.2, 0) is 0 Å². The lowest BCUT2D eigenvalue weighted by molar-refractivity contribution is 0.102. The molecule has 0 saturated heterocycles. The Kier molecular flexibility index (Phi) is 4.58. The first-order valence-corrected chi connectivity index (χ1v) is 7.07. The topological polar surface area (TPSA) is 54.0 Å². The molecule has 0 saturated carbocycles. The van der Waals surface area contributed by atoms with Gasteiger partial charge < -0.3 is 10.6 Å². The van der Waals surface area contributed by atoms with E-state index >= 15 is 0 Å². The van der Waals surface area contributed by atoms with E-state index in [-0.39, 0.29) is 11.8 Å². The van der Waals surface area contributed by atoms with Gasteiger partial charge in [0.15, 0.2) is 0 Å². The molecule has 0 aliphatic carbocycles. The van der Waals surface area contributed by atoms with Crippen LogP contribution in [0.25, 0.3) is 0 Å². The number of amides is 1. The average Bonchev–Trinajstić information content (AvgIpc) is 2.46. The van der Waals surface area contributed by atoms with E-state index in [1.54, 1.807) is 13.1 Å². The highest BCUT2D eigenvalue weighted by Gasteiger charge is 2.12. The Labute approximate surface area is 125 Å². The summed E-state index contributed by atoms with van der Waals surface area (Å²) in [6.07, 6.45) is 0. The van der Waals surface area contributed by atoms with E-state index < -0.39 is 0 Å². The van der Waals surface area contributed by atoms with Crippen molar-refractivity contribution < 1.29 is 4.79 Å². The second kappa shape index (κ2) is 6.39. The zero-order chi connectivity index (χ0) is 15.4. The van der Waals surface area contributed by atoms with Crippen molar-refractivity contribution in [3.05, 3.63) is 53.2 Å². The molecule has 4 heteroatoms. The molecule has 0 bridgehead atoms. The van der Waals surface area contributed by atoms with Crippen LogP contribution in [0.4, 0.5) is 11.5 Å². The molecule has 0 unspecified atom stereocenters. The maximum Gasteiger partial charge on any atom is 0.255 e. The molecular weight excluding hydrogens is 262 g/mol. The van der Waals surface area contributed by atoms with Gasteiger partial charge in [-0.05, 0) is 42.7 Å². The number of rotatable bonds is 4. The highest BCUT2D eigenvalue weighted by molar-refractivity contribution is 6.04. The number of anilines is 2. The number of aryl methyl sites for hydroxylation is 1. The molecule has 21 heavy (non-hydrogen) atoms. The minimum atomic E-state index is -0.124. The Balaban J connectivity index is 2.28. The van der Waals surface area contributed by atoms with Crippen LogP contribution >= 0.6 is 0 Å². The van der Waals surface area contributed by atoms with Crippen molar-refractivity contribution in [3.63, 3.8) is 0 Å². The minimum Gasteiger partial charge on any atom is -0.373 e. The first-order valence-electron chi connectivity index (χ1n) is 7.07. The Morgan fingerprint density at radius 2 is 1.95 bits per heavy atom. The Hall–Kier alpha value is -2.36. The number of carbonyl (C=O) groups excluding carboxylic acids is 1. The van der Waals surface area contributed by atoms with Crippen molar-refractivity contribution in [1.29, 1.82) is 0 Å². The number of carbonyl (C=O) groups is 1. The molecule has 0 fully saturated rings. The summed E-state index contributed by atoms with van der Waals surface area (Å²) in [6, 6.07) is 11.4. The van der Waals surface area contributed by atoms with Crippen molar-refractivity contribution >= 4 is 17.4 Å². The van der Waals surface area contributed by atoms with Crippen molar-refractivity contribution in [3.8, 4) is 0 Å². The van der Waals surface area contributed by atoms with Gasteiger partial charge in [0.25, 0.3) is 5.91 Å². The van der Waals surface area contributed by atoms with Crippen molar-refractivity contribution in [2.24, 2.45) is 0 Å². The van der Waals surface area contributed by atoms with Gasteiger partial charge in [0, 0.05) is 24.0 Å². The van der Waals surface area contributed by atoms with Gasteiger partial charge in [0.1, 0.15) is 5.82 Å². The van der Waals surface area contributed by atoms with Crippen LogP contribution in [-0.4, -0.2) is 17.9 Å². The summed E-state index contributed by atoms with van der Waals surface area (Å²) in [5.74, 6) is 0.848. The molecule has 4 nitrogen and oxygen atoms in total. The fraction of sp³-hybridized carbons (Fsp3) is 0.294. The third kappa shape index (κ3) is 3.81. The van der Waals surface area contributed by atoms with E-state index in [1.165, 1.54) is 0 Å². The summed E-state index contributed by atoms with van der Waals surface area (Å²) in [7, 11) is 1.80. The number of nitrogens with zero attached hydrogens (tertiary/aromatic N) is 1. The van der Waals surface area contributed by atoms with E-state index in [0.29, 0.717) is 11.4 Å². The third-order valence-corrected chi connectivity index (χ3v) is 3.23. The summed E-state index contributed by atoms with van der Waals surface area (Å²) in [5.41, 5.74) is 3.42. The second-order valence-electron chi connectivity index (χ2n) is 5.39. The highest BCUT2D eigenvalue weighted by Crippen LogP contribution is 2.19. The zero-order valence-electron chi connectivity index (χ0n) is 12.9. The molecule has 1 amide bonds. The molecular formula is C17H21N3O. The first-order chi connectivity index (χ1) is 9.99. The quantitative estimate of drug-likeness (QED) is 0.897. The monoisotopic (exact) mass is 283 g/mol. The summed E-state index contributed by atoms with van der Waals surface area (Å²) < 4.78 is 0. The Bertz CT molecular complexity index is 650. The van der Waals surface area contributed by atoms with Gasteiger partial charge in [-0.2, -0.15) is 0 Å². The molecule has 0 atom stereocenters. The van der Waals surface area contributed by atoms with Gasteiger partial charge in [-0.1, -0.05) is 26.0 Å². The predicted octanol–water partition coefficient (Wildman–Crippen LogP) is 3.81. The molecule has 2 aromatic rings. The minimum absolute atomic E-state index is 0.124. The number of benzene rings is 1. The van der Waals surface area contributed by atoms with Crippen LogP contribution in [0, 0.1) is 6.92 Å². The van der Waals surface area contributed by atoms with Crippen molar-refractivity contribution in [2.75, 3.05) is 17.7 Å². The highest BCUT2D eigenvalue weighted by atomic mass is 16.1. The van der Waals surface area contributed by atoms with Crippen LogP contribution in [0.1, 0.15) is 41.4 Å². The fourth-order valence-corrected chi connectivity index (χ4v) is 2.03. The van der Waals surface area contributed by atoms with E-state index in [0.717, 1.165) is 16.9 Å². The molecule has 1 aromatic carbocycles. The van der Waals surface area contributed by atoms with Crippen LogP contribution in [0.15, 0.2) is 36.4 Å². The number of nitrogens with one attached hydrogen (secondary N) is 2. The second-order valence-corrected chi connectivity index (χ2v) is 5.39. The maximum atomic E-state index is 12.4. The van der Waals surface area contributed by atoms with Crippen LogP contribution in [0.3, 0.4) is 0 Å². The molecule has 0 aliphatic heterocycles. The van der Waals surface area contributed by atoms with E-state index in [9.17, 15) is 4.79 Å². The van der Waals surface area contributed by atoms with E-state index in [1.807, 2.05) is 37.3 Å². The largest absolute Gasteiger partial charge is 0.373 e. The molecule has 1 aromatic heterocycles. The van der Waals surface area contributed by atoms with E-state index in [2.05, 4.69) is 29.5 Å². The molecule has 2 N–H and O–H groups in total. The zero-order valence-corrected chi connectivity index (χ0v) is 12.9. The number of hydrogen-bond donors (Lipinski definition) is 2. The predicted molar refractivity (Wildman–Crippen MR) is 87.0 cm³/mol. The molecule has 0 aliphatic rings. The number of pyridine rings is 1. The molecule has 0 spiro atoms. The SMILES string of the molecule is CNc1cc(C(=O)Nc2cccc(C)c2)cc(C(C)C)n1. The van der Waals surface area contributed by atoms with Gasteiger partial charge >= 0.3 is 0 Å². The molecule has 2 rings (SSSR count). The van der Waals surface area contributed by atoms with Gasteiger partial charge in [-0.25, -0.2) is 4.98 Å². The fourth-order valence-electron chi connectivity index (χ4n) is 2.03. The Morgan fingerprint density at radius 3 is 2.57 bits per heavy atom. The smallest absolute Gasteiger partial charge is 0.255 e. The van der Waals surface area contributed by atoms with Crippen LogP contribution in [0.2, 0.25) is 0 Å². The van der Waals surface area contributed by atoms with Gasteiger partial charge in [0.05, 0.1) is 0 Å². The summed E-state index contributed by atoms with van der Waals surface area (Å²) >= 11 is 0.